The summed E-state index contributed by atoms with van der Waals surface area (Å²) < 4.78 is 5.15. The highest BCUT2D eigenvalue weighted by Crippen LogP contribution is 2.10. The summed E-state index contributed by atoms with van der Waals surface area (Å²) in [6, 6.07) is 3.85. The zero-order valence-corrected chi connectivity index (χ0v) is 13.7. The first-order valence-corrected chi connectivity index (χ1v) is 7.66. The minimum atomic E-state index is -0.451. The Labute approximate surface area is 131 Å². The van der Waals surface area contributed by atoms with E-state index in [1.54, 1.807) is 6.20 Å². The van der Waals surface area contributed by atoms with Gasteiger partial charge in [-0.2, -0.15) is 0 Å². The Morgan fingerprint density at radius 1 is 1.33 bits per heavy atom. The van der Waals surface area contributed by atoms with Gasteiger partial charge in [-0.1, -0.05) is 0 Å². The van der Waals surface area contributed by atoms with E-state index in [0.717, 1.165) is 30.8 Å². The maximum Gasteiger partial charge on any atom is 0.407 e. The number of pyridine rings is 1. The predicted molar refractivity (Wildman–Crippen MR) is 85.8 cm³/mol. The van der Waals surface area contributed by atoms with Gasteiger partial charge in [0.2, 0.25) is 0 Å². The summed E-state index contributed by atoms with van der Waals surface area (Å²) in [6.07, 6.45) is 3.22. The Kier molecular flexibility index (Phi) is 7.29. The number of hydrogen-bond acceptors (Lipinski definition) is 4. The van der Waals surface area contributed by atoms with Gasteiger partial charge in [0.1, 0.15) is 5.60 Å². The Morgan fingerprint density at radius 2 is 2.05 bits per heavy atom. The van der Waals surface area contributed by atoms with Crippen molar-refractivity contribution in [2.45, 2.75) is 45.1 Å². The molecule has 1 rings (SSSR count). The molecule has 0 aliphatic heterocycles. The SMILES string of the molecule is CC(C)(C)OC(=O)NCCCCNc1ccnc(CCl)c1. The lowest BCUT2D eigenvalue weighted by Gasteiger charge is -2.19. The summed E-state index contributed by atoms with van der Waals surface area (Å²) in [6.45, 7) is 6.99. The standard InChI is InChI=1S/C15H24ClN3O2/c1-15(2,3)21-14(20)19-8-5-4-7-17-12-6-9-18-13(10-12)11-16/h6,9-10H,4-5,7-8,11H2,1-3H3,(H,17,18)(H,19,20). The number of nitrogens with zero attached hydrogens (tertiary/aromatic N) is 1. The number of carbonyl (C=O) groups is 1. The smallest absolute Gasteiger partial charge is 0.407 e. The summed E-state index contributed by atoms with van der Waals surface area (Å²) in [5, 5.41) is 6.04. The van der Waals surface area contributed by atoms with Crippen molar-refractivity contribution in [1.29, 1.82) is 0 Å². The number of halogens is 1. The molecule has 118 valence electrons. The van der Waals surface area contributed by atoms with Crippen molar-refractivity contribution in [3.63, 3.8) is 0 Å². The highest BCUT2D eigenvalue weighted by atomic mass is 35.5. The first kappa shape index (κ1) is 17.6. The van der Waals surface area contributed by atoms with E-state index >= 15 is 0 Å². The fourth-order valence-corrected chi connectivity index (χ4v) is 1.79. The van der Waals surface area contributed by atoms with E-state index in [1.807, 2.05) is 32.9 Å². The molecule has 21 heavy (non-hydrogen) atoms. The number of alkyl halides is 1. The summed E-state index contributed by atoms with van der Waals surface area (Å²) in [4.78, 5) is 15.5. The Bertz CT molecular complexity index is 447. The molecule has 1 aromatic heterocycles. The maximum atomic E-state index is 11.4. The Hall–Kier alpha value is -1.49. The number of anilines is 1. The zero-order chi connectivity index (χ0) is 15.7. The molecule has 0 unspecified atom stereocenters. The van der Waals surface area contributed by atoms with Gasteiger partial charge in [-0.15, -0.1) is 11.6 Å². The van der Waals surface area contributed by atoms with Crippen LogP contribution in [-0.2, 0) is 10.6 Å². The average Bonchev–Trinajstić information content (AvgIpc) is 2.41. The molecule has 0 atom stereocenters. The fraction of sp³-hybridized carbons (Fsp3) is 0.600. The Morgan fingerprint density at radius 3 is 2.71 bits per heavy atom. The van der Waals surface area contributed by atoms with E-state index in [-0.39, 0.29) is 6.09 Å². The van der Waals surface area contributed by atoms with E-state index in [4.69, 9.17) is 16.3 Å². The molecule has 0 bridgehead atoms. The lowest BCUT2D eigenvalue weighted by Crippen LogP contribution is -2.33. The molecule has 2 N–H and O–H groups in total. The highest BCUT2D eigenvalue weighted by Gasteiger charge is 2.15. The van der Waals surface area contributed by atoms with Crippen LogP contribution in [0.1, 0.15) is 39.3 Å². The lowest BCUT2D eigenvalue weighted by atomic mass is 10.2. The van der Waals surface area contributed by atoms with E-state index in [0.29, 0.717) is 12.4 Å². The van der Waals surface area contributed by atoms with Crippen LogP contribution in [0.4, 0.5) is 10.5 Å². The fourth-order valence-electron chi connectivity index (χ4n) is 1.65. The number of rotatable bonds is 7. The second-order valence-corrected chi connectivity index (χ2v) is 6.00. The molecule has 1 amide bonds. The highest BCUT2D eigenvalue weighted by molar-refractivity contribution is 6.16. The topological polar surface area (TPSA) is 63.2 Å². The van der Waals surface area contributed by atoms with Crippen LogP contribution in [0.25, 0.3) is 0 Å². The van der Waals surface area contributed by atoms with Crippen molar-refractivity contribution in [3.8, 4) is 0 Å². The molecule has 6 heteroatoms. The Balaban J connectivity index is 2.10. The number of amides is 1. The number of ether oxygens (including phenoxy) is 1. The van der Waals surface area contributed by atoms with Crippen molar-refractivity contribution in [2.75, 3.05) is 18.4 Å². The van der Waals surface area contributed by atoms with E-state index < -0.39 is 5.60 Å². The van der Waals surface area contributed by atoms with Gasteiger partial charge in [0.25, 0.3) is 0 Å². The van der Waals surface area contributed by atoms with Gasteiger partial charge in [-0.3, -0.25) is 4.98 Å². The molecule has 0 spiro atoms. The van der Waals surface area contributed by atoms with Crippen LogP contribution in [0.2, 0.25) is 0 Å². The third kappa shape index (κ3) is 8.40. The normalized spacial score (nSPS) is 11.0. The first-order valence-electron chi connectivity index (χ1n) is 7.12. The summed E-state index contributed by atoms with van der Waals surface area (Å²) in [7, 11) is 0. The summed E-state index contributed by atoms with van der Waals surface area (Å²) in [5.74, 6) is 0.412. The lowest BCUT2D eigenvalue weighted by molar-refractivity contribution is 0.0527. The molecule has 0 saturated carbocycles. The number of nitrogens with one attached hydrogen (secondary N) is 2. The summed E-state index contributed by atoms with van der Waals surface area (Å²) in [5.41, 5.74) is 1.42. The van der Waals surface area contributed by atoms with Crippen LogP contribution in [0, 0.1) is 0 Å². The van der Waals surface area contributed by atoms with E-state index in [9.17, 15) is 4.79 Å². The molecule has 0 radical (unpaired) electrons. The molecule has 0 fully saturated rings. The molecule has 0 saturated heterocycles. The first-order chi connectivity index (χ1) is 9.90. The quantitative estimate of drug-likeness (QED) is 0.597. The molecule has 1 aromatic rings. The molecule has 5 nitrogen and oxygen atoms in total. The van der Waals surface area contributed by atoms with Gasteiger partial charge >= 0.3 is 6.09 Å². The van der Waals surface area contributed by atoms with Crippen LogP contribution in [-0.4, -0.2) is 29.8 Å². The van der Waals surface area contributed by atoms with Crippen molar-refractivity contribution in [1.82, 2.24) is 10.3 Å². The average molecular weight is 314 g/mol. The minimum Gasteiger partial charge on any atom is -0.444 e. The van der Waals surface area contributed by atoms with E-state index in [2.05, 4.69) is 15.6 Å². The van der Waals surface area contributed by atoms with Gasteiger partial charge in [0.15, 0.2) is 0 Å². The number of hydrogen-bond donors (Lipinski definition) is 2. The number of aromatic nitrogens is 1. The molecular formula is C15H24ClN3O2. The van der Waals surface area contributed by atoms with Crippen LogP contribution in [0.3, 0.4) is 0 Å². The molecular weight excluding hydrogens is 290 g/mol. The number of alkyl carbamates (subject to hydrolysis) is 1. The predicted octanol–water partition coefficient (Wildman–Crippen LogP) is 3.54. The second kappa shape index (κ2) is 8.72. The zero-order valence-electron chi connectivity index (χ0n) is 12.9. The van der Waals surface area contributed by atoms with Crippen LogP contribution < -0.4 is 10.6 Å². The summed E-state index contributed by atoms with van der Waals surface area (Å²) >= 11 is 5.73. The number of carbonyl (C=O) groups excluding carboxylic acids is 1. The molecule has 1 heterocycles. The van der Waals surface area contributed by atoms with Crippen LogP contribution >= 0.6 is 11.6 Å². The van der Waals surface area contributed by atoms with Gasteiger partial charge in [-0.25, -0.2) is 4.79 Å². The monoisotopic (exact) mass is 313 g/mol. The maximum absolute atomic E-state index is 11.4. The van der Waals surface area contributed by atoms with Gasteiger partial charge in [0.05, 0.1) is 11.6 Å². The van der Waals surface area contributed by atoms with Crippen molar-refractivity contribution in [2.24, 2.45) is 0 Å². The second-order valence-electron chi connectivity index (χ2n) is 5.73. The molecule has 0 aliphatic carbocycles. The molecule has 0 aromatic carbocycles. The van der Waals surface area contributed by atoms with Crippen molar-refractivity contribution >= 4 is 23.4 Å². The van der Waals surface area contributed by atoms with Gasteiger partial charge < -0.3 is 15.4 Å². The third-order valence-electron chi connectivity index (χ3n) is 2.55. The number of unbranched alkanes of at least 4 members (excludes halogenated alkanes) is 1. The van der Waals surface area contributed by atoms with Gasteiger partial charge in [0, 0.05) is 25.0 Å². The third-order valence-corrected chi connectivity index (χ3v) is 2.83. The van der Waals surface area contributed by atoms with Gasteiger partial charge in [-0.05, 0) is 45.7 Å². The van der Waals surface area contributed by atoms with E-state index in [1.165, 1.54) is 0 Å². The minimum absolute atomic E-state index is 0.364. The van der Waals surface area contributed by atoms with Crippen LogP contribution in [0.15, 0.2) is 18.3 Å². The molecule has 0 aliphatic rings. The van der Waals surface area contributed by atoms with Crippen molar-refractivity contribution in [3.05, 3.63) is 24.0 Å². The van der Waals surface area contributed by atoms with Crippen LogP contribution in [0.5, 0.6) is 0 Å². The largest absolute Gasteiger partial charge is 0.444 e. The van der Waals surface area contributed by atoms with Crippen molar-refractivity contribution < 1.29 is 9.53 Å².